The van der Waals surface area contributed by atoms with E-state index in [9.17, 15) is 9.59 Å². The Labute approximate surface area is 212 Å². The molecule has 0 saturated carbocycles. The first-order chi connectivity index (χ1) is 15.6. The molecule has 33 heavy (non-hydrogen) atoms. The number of amides is 2. The van der Waals surface area contributed by atoms with Crippen LogP contribution in [0.1, 0.15) is 33.6 Å². The number of carbonyl (C=O) groups is 2. The predicted octanol–water partition coefficient (Wildman–Crippen LogP) is 5.46. The number of halogens is 1. The van der Waals surface area contributed by atoms with Gasteiger partial charge in [-0.05, 0) is 134 Å². The van der Waals surface area contributed by atoms with E-state index in [0.29, 0.717) is 5.69 Å². The minimum atomic E-state index is -0.486. The molecular formula is C26H24IN3O2S. The Morgan fingerprint density at radius 1 is 0.909 bits per heavy atom. The lowest BCUT2D eigenvalue weighted by atomic mass is 10.1. The summed E-state index contributed by atoms with van der Waals surface area (Å²) in [5.74, 6) is -0.913. The van der Waals surface area contributed by atoms with Crippen molar-refractivity contribution < 1.29 is 9.59 Å². The number of aryl methyl sites for hydroxylation is 4. The van der Waals surface area contributed by atoms with Crippen LogP contribution in [0, 0.1) is 38.2 Å². The second-order valence-electron chi connectivity index (χ2n) is 8.40. The fourth-order valence-electron chi connectivity index (χ4n) is 4.23. The molecule has 0 aliphatic carbocycles. The zero-order valence-electron chi connectivity index (χ0n) is 19.1. The van der Waals surface area contributed by atoms with Gasteiger partial charge in [0.1, 0.15) is 5.57 Å². The van der Waals surface area contributed by atoms with Crippen molar-refractivity contribution in [2.45, 2.75) is 34.6 Å². The van der Waals surface area contributed by atoms with E-state index in [2.05, 4.69) is 57.6 Å². The zero-order chi connectivity index (χ0) is 24.0. The average molecular weight is 569 g/mol. The van der Waals surface area contributed by atoms with Gasteiger partial charge in [0, 0.05) is 20.6 Å². The second-order valence-corrected chi connectivity index (χ2v) is 9.95. The van der Waals surface area contributed by atoms with E-state index in [1.807, 2.05) is 52.0 Å². The lowest BCUT2D eigenvalue weighted by Gasteiger charge is -2.29. The third kappa shape index (κ3) is 4.39. The number of hydrogen-bond acceptors (Lipinski definition) is 3. The third-order valence-electron chi connectivity index (χ3n) is 5.74. The van der Waals surface area contributed by atoms with Crippen LogP contribution in [-0.4, -0.2) is 21.5 Å². The summed E-state index contributed by atoms with van der Waals surface area (Å²) >= 11 is 7.67. The number of rotatable bonds is 3. The smallest absolute Gasteiger partial charge is 0.270 e. The molecule has 5 nitrogen and oxygen atoms in total. The molecule has 0 unspecified atom stereocenters. The molecule has 1 fully saturated rings. The summed E-state index contributed by atoms with van der Waals surface area (Å²) in [6.45, 7) is 10.0. The molecule has 3 aromatic rings. The Bertz CT molecular complexity index is 1350. The summed E-state index contributed by atoms with van der Waals surface area (Å²) in [7, 11) is 0. The lowest BCUT2D eigenvalue weighted by Crippen LogP contribution is -2.54. The number of nitrogens with one attached hydrogen (secondary N) is 1. The van der Waals surface area contributed by atoms with Crippen molar-refractivity contribution in [3.63, 3.8) is 0 Å². The standard InChI is InChI=1S/C26H24IN3O2S/c1-14-8-15(2)10-21(9-14)30-25(32)22(24(31)28-26(30)33)13-19-12-17(4)29(18(19)5)20-6-7-23(27)16(3)11-20/h6-13H,1-5H3,(H,28,31,33)/b22-13+. The van der Waals surface area contributed by atoms with Gasteiger partial charge in [-0.1, -0.05) is 6.07 Å². The molecule has 0 radical (unpaired) electrons. The highest BCUT2D eigenvalue weighted by molar-refractivity contribution is 14.1. The topological polar surface area (TPSA) is 54.3 Å². The van der Waals surface area contributed by atoms with Crippen LogP contribution in [0.25, 0.3) is 11.8 Å². The molecule has 0 atom stereocenters. The number of anilines is 1. The van der Waals surface area contributed by atoms with Crippen LogP contribution in [0.4, 0.5) is 5.69 Å². The Balaban J connectivity index is 1.78. The number of carbonyl (C=O) groups excluding carboxylic acids is 2. The van der Waals surface area contributed by atoms with Gasteiger partial charge in [-0.25, -0.2) is 0 Å². The molecule has 0 bridgehead atoms. The van der Waals surface area contributed by atoms with Crippen molar-refractivity contribution in [2.24, 2.45) is 0 Å². The van der Waals surface area contributed by atoms with E-state index in [4.69, 9.17) is 12.2 Å². The monoisotopic (exact) mass is 569 g/mol. The Morgan fingerprint density at radius 3 is 2.21 bits per heavy atom. The van der Waals surface area contributed by atoms with E-state index >= 15 is 0 Å². The molecule has 1 aromatic heterocycles. The fraction of sp³-hybridized carbons (Fsp3) is 0.192. The second kappa shape index (κ2) is 8.87. The quantitative estimate of drug-likeness (QED) is 0.198. The Morgan fingerprint density at radius 2 is 1.58 bits per heavy atom. The average Bonchev–Trinajstić information content (AvgIpc) is 2.99. The van der Waals surface area contributed by atoms with Gasteiger partial charge in [-0.15, -0.1) is 0 Å². The molecule has 2 heterocycles. The van der Waals surface area contributed by atoms with E-state index in [-0.39, 0.29) is 10.7 Å². The highest BCUT2D eigenvalue weighted by atomic mass is 127. The summed E-state index contributed by atoms with van der Waals surface area (Å²) in [6.07, 6.45) is 1.66. The van der Waals surface area contributed by atoms with Crippen molar-refractivity contribution in [3.8, 4) is 5.69 Å². The lowest BCUT2D eigenvalue weighted by molar-refractivity contribution is -0.122. The van der Waals surface area contributed by atoms with Crippen LogP contribution in [-0.2, 0) is 9.59 Å². The molecular weight excluding hydrogens is 545 g/mol. The van der Waals surface area contributed by atoms with Gasteiger partial charge in [0.15, 0.2) is 5.11 Å². The maximum Gasteiger partial charge on any atom is 0.270 e. The number of benzene rings is 2. The van der Waals surface area contributed by atoms with Gasteiger partial charge >= 0.3 is 0 Å². The molecule has 4 rings (SSSR count). The van der Waals surface area contributed by atoms with Gasteiger partial charge in [0.05, 0.1) is 5.69 Å². The molecule has 1 aliphatic rings. The van der Waals surface area contributed by atoms with Crippen LogP contribution in [0.15, 0.2) is 48.0 Å². The maximum absolute atomic E-state index is 13.4. The van der Waals surface area contributed by atoms with Gasteiger partial charge in [0.25, 0.3) is 11.8 Å². The van der Waals surface area contributed by atoms with Crippen LogP contribution in [0.3, 0.4) is 0 Å². The first-order valence-corrected chi connectivity index (χ1v) is 12.0. The first-order valence-electron chi connectivity index (χ1n) is 10.5. The van der Waals surface area contributed by atoms with Gasteiger partial charge in [-0.2, -0.15) is 0 Å². The SMILES string of the molecule is Cc1cc(C)cc(N2C(=O)/C(=C/c3cc(C)n(-c4ccc(I)c(C)c4)c3C)C(=O)NC2=S)c1. The Hall–Kier alpha value is -2.78. The van der Waals surface area contributed by atoms with E-state index in [1.54, 1.807) is 6.08 Å². The molecule has 2 aromatic carbocycles. The van der Waals surface area contributed by atoms with Crippen LogP contribution in [0.2, 0.25) is 0 Å². The highest BCUT2D eigenvalue weighted by Crippen LogP contribution is 2.28. The maximum atomic E-state index is 13.4. The van der Waals surface area contributed by atoms with Gasteiger partial charge in [0.2, 0.25) is 0 Å². The van der Waals surface area contributed by atoms with Gasteiger partial charge < -0.3 is 4.57 Å². The Kier molecular flexibility index (Phi) is 6.28. The summed E-state index contributed by atoms with van der Waals surface area (Å²) < 4.78 is 3.33. The minimum absolute atomic E-state index is 0.0572. The van der Waals surface area contributed by atoms with Gasteiger partial charge in [-0.3, -0.25) is 19.8 Å². The van der Waals surface area contributed by atoms with E-state index in [1.165, 1.54) is 14.0 Å². The highest BCUT2D eigenvalue weighted by Gasteiger charge is 2.35. The number of thiocarbonyl (C=S) groups is 1. The fourth-order valence-corrected chi connectivity index (χ4v) is 4.84. The summed E-state index contributed by atoms with van der Waals surface area (Å²) in [6, 6.07) is 14.1. The van der Waals surface area contributed by atoms with Crippen molar-refractivity contribution in [1.29, 1.82) is 0 Å². The molecule has 7 heteroatoms. The van der Waals surface area contributed by atoms with Crippen LogP contribution < -0.4 is 10.2 Å². The summed E-state index contributed by atoms with van der Waals surface area (Å²) in [4.78, 5) is 27.6. The van der Waals surface area contributed by atoms with Crippen LogP contribution >= 0.6 is 34.8 Å². The normalized spacial score (nSPS) is 15.4. The molecule has 1 aliphatic heterocycles. The minimum Gasteiger partial charge on any atom is -0.318 e. The van der Waals surface area contributed by atoms with Crippen LogP contribution in [0.5, 0.6) is 0 Å². The predicted molar refractivity (Wildman–Crippen MR) is 145 cm³/mol. The van der Waals surface area contributed by atoms with E-state index < -0.39 is 11.8 Å². The largest absolute Gasteiger partial charge is 0.318 e. The zero-order valence-corrected chi connectivity index (χ0v) is 22.1. The number of nitrogens with zero attached hydrogens (tertiary/aromatic N) is 2. The van der Waals surface area contributed by atoms with Crippen molar-refractivity contribution >= 4 is 63.5 Å². The first kappa shape index (κ1) is 23.4. The number of hydrogen-bond donors (Lipinski definition) is 1. The third-order valence-corrected chi connectivity index (χ3v) is 7.23. The van der Waals surface area contributed by atoms with Crippen molar-refractivity contribution in [2.75, 3.05) is 4.90 Å². The molecule has 2 amide bonds. The summed E-state index contributed by atoms with van der Waals surface area (Å²) in [5.41, 5.74) is 7.76. The molecule has 1 saturated heterocycles. The van der Waals surface area contributed by atoms with Crippen molar-refractivity contribution in [1.82, 2.24) is 9.88 Å². The van der Waals surface area contributed by atoms with Crippen molar-refractivity contribution in [3.05, 3.63) is 85.2 Å². The molecule has 0 spiro atoms. The number of aromatic nitrogens is 1. The molecule has 168 valence electrons. The summed E-state index contributed by atoms with van der Waals surface area (Å²) in [5, 5.41) is 2.77. The molecule has 1 N–H and O–H groups in total. The van der Waals surface area contributed by atoms with E-state index in [0.717, 1.165) is 33.8 Å².